The van der Waals surface area contributed by atoms with Crippen LogP contribution in [0, 0.1) is 0 Å². The fourth-order valence-corrected chi connectivity index (χ4v) is 3.72. The van der Waals surface area contributed by atoms with Gasteiger partial charge in [0.05, 0.1) is 16.8 Å². The van der Waals surface area contributed by atoms with Gasteiger partial charge < -0.3 is 20.3 Å². The summed E-state index contributed by atoms with van der Waals surface area (Å²) in [7, 11) is 0. The Morgan fingerprint density at radius 2 is 1.96 bits per heavy atom. The molecule has 136 valence electrons. The summed E-state index contributed by atoms with van der Waals surface area (Å²) < 4.78 is 0. The van der Waals surface area contributed by atoms with Gasteiger partial charge in [-0.05, 0) is 12.1 Å². The Morgan fingerprint density at radius 3 is 2.78 bits per heavy atom. The topological polar surface area (TPSA) is 110 Å². The predicted molar refractivity (Wildman–Crippen MR) is 104 cm³/mol. The molecule has 5 rings (SSSR count). The molecule has 8 nitrogen and oxygen atoms in total. The Morgan fingerprint density at radius 1 is 1.15 bits per heavy atom. The molecule has 0 amide bonds. The van der Waals surface area contributed by atoms with E-state index in [9.17, 15) is 9.90 Å². The van der Waals surface area contributed by atoms with Crippen molar-refractivity contribution < 1.29 is 5.11 Å². The number of rotatable bonds is 2. The van der Waals surface area contributed by atoms with Crippen molar-refractivity contribution in [2.75, 3.05) is 31.1 Å². The van der Waals surface area contributed by atoms with E-state index >= 15 is 0 Å². The Kier molecular flexibility index (Phi) is 3.58. The third-order valence-electron chi connectivity index (χ3n) is 5.00. The highest BCUT2D eigenvalue weighted by molar-refractivity contribution is 6.14. The molecule has 1 aliphatic rings. The van der Waals surface area contributed by atoms with Crippen LogP contribution in [-0.2, 0) is 0 Å². The smallest absolute Gasteiger partial charge is 0.251 e. The van der Waals surface area contributed by atoms with Crippen LogP contribution >= 0.6 is 0 Å². The standard InChI is InChI=1S/C19H18N6O2/c26-14-4-2-1-3-11(14)17-18-16-12(10-21-18)13(25-7-5-20-6-8-25)9-15(27)22-19(16)24-23-17/h1-4,9-10,20,23,26H,5-8H2,(H,22,24,27). The first-order chi connectivity index (χ1) is 13.2. The maximum Gasteiger partial charge on any atom is 0.251 e. The first kappa shape index (κ1) is 15.8. The van der Waals surface area contributed by atoms with E-state index in [1.54, 1.807) is 24.4 Å². The van der Waals surface area contributed by atoms with E-state index in [1.165, 1.54) is 0 Å². The molecule has 0 radical (unpaired) electrons. The second-order valence-corrected chi connectivity index (χ2v) is 6.62. The summed E-state index contributed by atoms with van der Waals surface area (Å²) in [4.78, 5) is 22.0. The van der Waals surface area contributed by atoms with Crippen LogP contribution in [0.25, 0.3) is 33.2 Å². The Bertz CT molecular complexity index is 1210. The quantitative estimate of drug-likeness (QED) is 0.431. The number of aromatic hydroxyl groups is 1. The number of phenols is 1. The lowest BCUT2D eigenvalue weighted by molar-refractivity contribution is 0.477. The zero-order valence-corrected chi connectivity index (χ0v) is 14.5. The highest BCUT2D eigenvalue weighted by Gasteiger charge is 2.20. The minimum atomic E-state index is -0.211. The normalized spacial score (nSPS) is 14.9. The average molecular weight is 362 g/mol. The van der Waals surface area contributed by atoms with Crippen LogP contribution in [-0.4, -0.2) is 51.5 Å². The van der Waals surface area contributed by atoms with E-state index in [0.29, 0.717) is 22.4 Å². The molecule has 4 aromatic rings. The van der Waals surface area contributed by atoms with E-state index in [1.807, 2.05) is 12.1 Å². The number of anilines is 1. The number of phenolic OH excluding ortho intramolecular Hbond substituents is 1. The number of aromatic nitrogens is 4. The lowest BCUT2D eigenvalue weighted by atomic mass is 10.1. The van der Waals surface area contributed by atoms with E-state index in [0.717, 1.165) is 42.6 Å². The molecule has 4 N–H and O–H groups in total. The molecular weight excluding hydrogens is 344 g/mol. The highest BCUT2D eigenvalue weighted by Crippen LogP contribution is 2.36. The van der Waals surface area contributed by atoms with Gasteiger partial charge in [0.1, 0.15) is 11.3 Å². The van der Waals surface area contributed by atoms with Crippen molar-refractivity contribution in [2.24, 2.45) is 0 Å². The van der Waals surface area contributed by atoms with Gasteiger partial charge in [0, 0.05) is 49.4 Å². The maximum atomic E-state index is 12.4. The molecule has 0 unspecified atom stereocenters. The van der Waals surface area contributed by atoms with Gasteiger partial charge in [-0.3, -0.25) is 14.9 Å². The minimum Gasteiger partial charge on any atom is -0.507 e. The highest BCUT2D eigenvalue weighted by atomic mass is 16.3. The Hall–Kier alpha value is -3.39. The van der Waals surface area contributed by atoms with Crippen molar-refractivity contribution in [1.82, 2.24) is 25.5 Å². The van der Waals surface area contributed by atoms with Crippen molar-refractivity contribution in [3.05, 3.63) is 46.9 Å². The van der Waals surface area contributed by atoms with Crippen LogP contribution in [0.2, 0.25) is 0 Å². The molecule has 27 heavy (non-hydrogen) atoms. The van der Waals surface area contributed by atoms with Crippen molar-refractivity contribution in [3.63, 3.8) is 0 Å². The van der Waals surface area contributed by atoms with E-state index in [2.05, 4.69) is 30.4 Å². The summed E-state index contributed by atoms with van der Waals surface area (Å²) in [5, 5.41) is 22.5. The Balaban J connectivity index is 1.83. The summed E-state index contributed by atoms with van der Waals surface area (Å²) in [5.41, 5.74) is 2.99. The fraction of sp³-hybridized carbons (Fsp3) is 0.211. The van der Waals surface area contributed by atoms with Crippen LogP contribution < -0.4 is 15.8 Å². The van der Waals surface area contributed by atoms with Gasteiger partial charge in [0.25, 0.3) is 5.56 Å². The summed E-state index contributed by atoms with van der Waals surface area (Å²) in [6.07, 6.45) is 1.78. The summed E-state index contributed by atoms with van der Waals surface area (Å²) in [5.74, 6) is 0.144. The zero-order chi connectivity index (χ0) is 18.4. The molecule has 3 aromatic heterocycles. The number of aromatic amines is 2. The minimum absolute atomic E-state index is 0.144. The molecule has 1 aromatic carbocycles. The molecule has 1 fully saturated rings. The largest absolute Gasteiger partial charge is 0.507 e. The van der Waals surface area contributed by atoms with Crippen LogP contribution in [0.3, 0.4) is 0 Å². The molecular formula is C19H18N6O2. The molecule has 4 heterocycles. The molecule has 0 bridgehead atoms. The third kappa shape index (κ3) is 2.53. The van der Waals surface area contributed by atoms with Crippen LogP contribution in [0.15, 0.2) is 41.3 Å². The number of hydrogen-bond donors (Lipinski definition) is 4. The van der Waals surface area contributed by atoms with Crippen LogP contribution in [0.1, 0.15) is 0 Å². The van der Waals surface area contributed by atoms with Crippen LogP contribution in [0.5, 0.6) is 5.75 Å². The van der Waals surface area contributed by atoms with Gasteiger partial charge in [0.2, 0.25) is 0 Å². The second-order valence-electron chi connectivity index (χ2n) is 6.62. The number of H-pyrrole nitrogens is 2. The van der Waals surface area contributed by atoms with Crippen molar-refractivity contribution in [3.8, 4) is 17.0 Å². The number of hydrogen-bond acceptors (Lipinski definition) is 6. The number of nitrogens with zero attached hydrogens (tertiary/aromatic N) is 3. The number of piperazine rings is 1. The third-order valence-corrected chi connectivity index (χ3v) is 5.00. The first-order valence-corrected chi connectivity index (χ1v) is 8.86. The molecule has 0 saturated carbocycles. The molecule has 1 aliphatic heterocycles. The molecule has 1 saturated heterocycles. The van der Waals surface area contributed by atoms with Crippen molar-refractivity contribution in [2.45, 2.75) is 0 Å². The van der Waals surface area contributed by atoms with E-state index in [-0.39, 0.29) is 11.3 Å². The summed E-state index contributed by atoms with van der Waals surface area (Å²) >= 11 is 0. The second kappa shape index (κ2) is 6.10. The lowest BCUT2D eigenvalue weighted by Crippen LogP contribution is -2.43. The predicted octanol–water partition coefficient (Wildman–Crippen LogP) is 1.58. The average Bonchev–Trinajstić information content (AvgIpc) is 3.07. The number of para-hydroxylation sites is 1. The van der Waals surface area contributed by atoms with Gasteiger partial charge in [-0.25, -0.2) is 0 Å². The van der Waals surface area contributed by atoms with Crippen molar-refractivity contribution in [1.29, 1.82) is 0 Å². The summed E-state index contributed by atoms with van der Waals surface area (Å²) in [6, 6.07) is 8.66. The molecule has 0 atom stereocenters. The SMILES string of the molecule is O=c1cc(N2CCNCC2)c2cnc3c(-c4ccccc4O)[nH]nc([nH]1)c23. The molecule has 8 heteroatoms. The van der Waals surface area contributed by atoms with Gasteiger partial charge in [-0.2, -0.15) is 5.10 Å². The van der Waals surface area contributed by atoms with E-state index in [4.69, 9.17) is 0 Å². The lowest BCUT2D eigenvalue weighted by Gasteiger charge is -2.29. The molecule has 0 spiro atoms. The maximum absolute atomic E-state index is 12.4. The van der Waals surface area contributed by atoms with E-state index < -0.39 is 0 Å². The summed E-state index contributed by atoms with van der Waals surface area (Å²) in [6.45, 7) is 3.37. The zero-order valence-electron chi connectivity index (χ0n) is 14.5. The molecule has 0 aliphatic carbocycles. The fourth-order valence-electron chi connectivity index (χ4n) is 3.72. The first-order valence-electron chi connectivity index (χ1n) is 8.86. The van der Waals surface area contributed by atoms with Gasteiger partial charge in [0.15, 0.2) is 5.65 Å². The number of nitrogens with one attached hydrogen (secondary N) is 3. The Labute approximate surface area is 153 Å². The van der Waals surface area contributed by atoms with Gasteiger partial charge >= 0.3 is 0 Å². The van der Waals surface area contributed by atoms with Gasteiger partial charge in [-0.15, -0.1) is 0 Å². The monoisotopic (exact) mass is 362 g/mol. The van der Waals surface area contributed by atoms with Gasteiger partial charge in [-0.1, -0.05) is 12.1 Å². The van der Waals surface area contributed by atoms with Crippen molar-refractivity contribution >= 4 is 27.6 Å². The number of benzene rings is 1. The van der Waals surface area contributed by atoms with Crippen LogP contribution in [0.4, 0.5) is 5.69 Å².